The molecule has 27 heavy (non-hydrogen) atoms. The van der Waals surface area contributed by atoms with E-state index in [-0.39, 0.29) is 15.7 Å². The largest absolute Gasteiger partial charge is 0.495 e. The summed E-state index contributed by atoms with van der Waals surface area (Å²) in [5.74, 6) is -0.00132. The normalized spacial score (nSPS) is 11.0. The fourth-order valence-electron chi connectivity index (χ4n) is 2.14. The SMILES string of the molecule is COc1ccc(NC(=O)c2csc(NS(=O)(=O)c3ccccc3)n2)cc1Cl. The molecule has 0 aliphatic carbocycles. The zero-order valence-corrected chi connectivity index (χ0v) is 16.4. The Kier molecular flexibility index (Phi) is 5.64. The third-order valence-electron chi connectivity index (χ3n) is 3.42. The molecule has 0 aliphatic heterocycles. The molecule has 1 heterocycles. The van der Waals surface area contributed by atoms with Crippen molar-refractivity contribution in [1.29, 1.82) is 0 Å². The number of aromatic nitrogens is 1. The quantitative estimate of drug-likeness (QED) is 0.627. The summed E-state index contributed by atoms with van der Waals surface area (Å²) in [6.07, 6.45) is 0. The van der Waals surface area contributed by atoms with E-state index in [1.54, 1.807) is 36.4 Å². The summed E-state index contributed by atoms with van der Waals surface area (Å²) in [5.41, 5.74) is 0.544. The van der Waals surface area contributed by atoms with Gasteiger partial charge in [-0.2, -0.15) is 0 Å². The molecule has 0 fully saturated rings. The number of nitrogens with one attached hydrogen (secondary N) is 2. The summed E-state index contributed by atoms with van der Waals surface area (Å²) >= 11 is 7.04. The van der Waals surface area contributed by atoms with E-state index in [1.807, 2.05) is 0 Å². The molecule has 2 N–H and O–H groups in total. The molecule has 2 aromatic carbocycles. The van der Waals surface area contributed by atoms with Crippen molar-refractivity contribution in [2.24, 2.45) is 0 Å². The average Bonchev–Trinajstić information content (AvgIpc) is 3.10. The predicted octanol–water partition coefficient (Wildman–Crippen LogP) is 3.86. The summed E-state index contributed by atoms with van der Waals surface area (Å²) in [7, 11) is -2.27. The molecule has 0 aliphatic rings. The van der Waals surface area contributed by atoms with Gasteiger partial charge in [0.25, 0.3) is 15.9 Å². The van der Waals surface area contributed by atoms with Crippen LogP contribution in [-0.4, -0.2) is 26.4 Å². The first kappa shape index (κ1) is 19.2. The van der Waals surface area contributed by atoms with Crippen molar-refractivity contribution < 1.29 is 17.9 Å². The monoisotopic (exact) mass is 423 g/mol. The summed E-state index contributed by atoms with van der Waals surface area (Å²) in [6.45, 7) is 0. The third kappa shape index (κ3) is 4.57. The van der Waals surface area contributed by atoms with Crippen LogP contribution in [0.2, 0.25) is 5.02 Å². The molecule has 0 unspecified atom stereocenters. The number of amides is 1. The lowest BCUT2D eigenvalue weighted by molar-refractivity contribution is 0.102. The van der Waals surface area contributed by atoms with Gasteiger partial charge in [-0.05, 0) is 30.3 Å². The highest BCUT2D eigenvalue weighted by Crippen LogP contribution is 2.27. The maximum absolute atomic E-state index is 12.3. The second-order valence-corrected chi connectivity index (χ2v) is 8.21. The van der Waals surface area contributed by atoms with E-state index in [2.05, 4.69) is 15.0 Å². The van der Waals surface area contributed by atoms with E-state index in [0.717, 1.165) is 11.3 Å². The first-order valence-corrected chi connectivity index (χ1v) is 10.3. The van der Waals surface area contributed by atoms with Crippen molar-refractivity contribution in [1.82, 2.24) is 4.98 Å². The highest BCUT2D eigenvalue weighted by molar-refractivity contribution is 7.93. The van der Waals surface area contributed by atoms with Crippen molar-refractivity contribution in [2.45, 2.75) is 4.90 Å². The molecular formula is C17H14ClN3O4S2. The third-order valence-corrected chi connectivity index (χ3v) is 5.96. The Balaban J connectivity index is 1.72. The first-order valence-electron chi connectivity index (χ1n) is 7.57. The Bertz CT molecular complexity index is 1070. The van der Waals surface area contributed by atoms with Crippen LogP contribution in [0.25, 0.3) is 0 Å². The minimum atomic E-state index is -3.76. The van der Waals surface area contributed by atoms with E-state index < -0.39 is 15.9 Å². The number of benzene rings is 2. The van der Waals surface area contributed by atoms with Crippen LogP contribution >= 0.6 is 22.9 Å². The highest BCUT2D eigenvalue weighted by atomic mass is 35.5. The van der Waals surface area contributed by atoms with Gasteiger partial charge in [0.2, 0.25) is 0 Å². The van der Waals surface area contributed by atoms with E-state index >= 15 is 0 Å². The lowest BCUT2D eigenvalue weighted by atomic mass is 10.3. The van der Waals surface area contributed by atoms with Crippen LogP contribution in [0.5, 0.6) is 5.75 Å². The standard InChI is InChI=1S/C17H14ClN3O4S2/c1-25-15-8-7-11(9-13(15)18)19-16(22)14-10-26-17(20-14)21-27(23,24)12-5-3-2-4-6-12/h2-10H,1H3,(H,19,22)(H,20,21). The van der Waals surface area contributed by atoms with Crippen LogP contribution in [0.15, 0.2) is 58.8 Å². The minimum absolute atomic E-state index is 0.0812. The summed E-state index contributed by atoms with van der Waals surface area (Å²) in [4.78, 5) is 16.5. The molecule has 10 heteroatoms. The molecule has 1 aromatic heterocycles. The van der Waals surface area contributed by atoms with Gasteiger partial charge in [-0.15, -0.1) is 11.3 Å². The van der Waals surface area contributed by atoms with Crippen LogP contribution in [0, 0.1) is 0 Å². The van der Waals surface area contributed by atoms with Gasteiger partial charge in [-0.25, -0.2) is 13.4 Å². The van der Waals surface area contributed by atoms with E-state index in [0.29, 0.717) is 16.5 Å². The summed E-state index contributed by atoms with van der Waals surface area (Å²) in [5, 5.41) is 4.55. The number of hydrogen-bond acceptors (Lipinski definition) is 6. The number of anilines is 2. The van der Waals surface area contributed by atoms with Gasteiger partial charge in [-0.3, -0.25) is 9.52 Å². The van der Waals surface area contributed by atoms with Crippen LogP contribution in [0.3, 0.4) is 0 Å². The lowest BCUT2D eigenvalue weighted by Crippen LogP contribution is -2.14. The maximum atomic E-state index is 12.3. The first-order chi connectivity index (χ1) is 12.9. The molecule has 7 nitrogen and oxygen atoms in total. The van der Waals surface area contributed by atoms with Crippen molar-refractivity contribution in [2.75, 3.05) is 17.1 Å². The van der Waals surface area contributed by atoms with Crippen molar-refractivity contribution in [3.05, 3.63) is 64.6 Å². The molecule has 0 radical (unpaired) electrons. The zero-order valence-electron chi connectivity index (χ0n) is 14.0. The number of carbonyl (C=O) groups is 1. The summed E-state index contributed by atoms with van der Waals surface area (Å²) < 4.78 is 32.0. The highest BCUT2D eigenvalue weighted by Gasteiger charge is 2.18. The molecule has 1 amide bonds. The Labute approximate surface area is 165 Å². The van der Waals surface area contributed by atoms with Crippen LogP contribution in [-0.2, 0) is 10.0 Å². The molecule has 3 rings (SSSR count). The topological polar surface area (TPSA) is 97.4 Å². The number of ether oxygens (including phenoxy) is 1. The number of hydrogen-bond donors (Lipinski definition) is 2. The molecular weight excluding hydrogens is 410 g/mol. The number of sulfonamides is 1. The van der Waals surface area contributed by atoms with E-state index in [9.17, 15) is 13.2 Å². The van der Waals surface area contributed by atoms with Crippen LogP contribution in [0.4, 0.5) is 10.8 Å². The van der Waals surface area contributed by atoms with Crippen LogP contribution in [0.1, 0.15) is 10.5 Å². The van der Waals surface area contributed by atoms with Crippen molar-refractivity contribution >= 4 is 49.7 Å². The fourth-order valence-corrected chi connectivity index (χ4v) is 4.36. The fraction of sp³-hybridized carbons (Fsp3) is 0.0588. The van der Waals surface area contributed by atoms with Crippen molar-refractivity contribution in [3.8, 4) is 5.75 Å². The smallest absolute Gasteiger partial charge is 0.275 e. The Morgan fingerprint density at radius 3 is 2.59 bits per heavy atom. The van der Waals surface area contributed by atoms with Gasteiger partial charge in [0.05, 0.1) is 17.0 Å². The predicted molar refractivity (Wildman–Crippen MR) is 105 cm³/mol. The number of methoxy groups -OCH3 is 1. The maximum Gasteiger partial charge on any atom is 0.275 e. The number of nitrogens with zero attached hydrogens (tertiary/aromatic N) is 1. The number of thiazole rings is 1. The molecule has 0 bridgehead atoms. The molecule has 0 saturated carbocycles. The average molecular weight is 424 g/mol. The molecule has 3 aromatic rings. The Morgan fingerprint density at radius 2 is 1.93 bits per heavy atom. The lowest BCUT2D eigenvalue weighted by Gasteiger charge is -2.07. The van der Waals surface area contributed by atoms with Gasteiger partial charge in [0, 0.05) is 11.1 Å². The minimum Gasteiger partial charge on any atom is -0.495 e. The zero-order chi connectivity index (χ0) is 19.4. The summed E-state index contributed by atoms with van der Waals surface area (Å²) in [6, 6.07) is 12.7. The van der Waals surface area contributed by atoms with Crippen LogP contribution < -0.4 is 14.8 Å². The molecule has 0 saturated heterocycles. The number of rotatable bonds is 6. The van der Waals surface area contributed by atoms with Gasteiger partial charge in [-0.1, -0.05) is 29.8 Å². The van der Waals surface area contributed by atoms with E-state index in [4.69, 9.17) is 16.3 Å². The molecule has 0 atom stereocenters. The van der Waals surface area contributed by atoms with Gasteiger partial charge < -0.3 is 10.1 Å². The van der Waals surface area contributed by atoms with Gasteiger partial charge >= 0.3 is 0 Å². The Hall–Kier alpha value is -2.62. The van der Waals surface area contributed by atoms with Gasteiger partial charge in [0.1, 0.15) is 11.4 Å². The second-order valence-electron chi connectivity index (χ2n) is 5.26. The van der Waals surface area contributed by atoms with Crippen molar-refractivity contribution in [3.63, 3.8) is 0 Å². The molecule has 140 valence electrons. The Morgan fingerprint density at radius 1 is 1.19 bits per heavy atom. The second kappa shape index (κ2) is 7.95. The van der Waals surface area contributed by atoms with E-state index in [1.165, 1.54) is 24.6 Å². The number of halogens is 1. The number of carbonyl (C=O) groups excluding carboxylic acids is 1. The van der Waals surface area contributed by atoms with Gasteiger partial charge in [0.15, 0.2) is 5.13 Å². The molecule has 0 spiro atoms.